The fourth-order valence-electron chi connectivity index (χ4n) is 3.44. The maximum absolute atomic E-state index is 11.0. The van der Waals surface area contributed by atoms with Crippen LogP contribution >= 0.6 is 0 Å². The number of aromatic carboxylic acids is 1. The summed E-state index contributed by atoms with van der Waals surface area (Å²) in [5, 5.41) is 12.6. The van der Waals surface area contributed by atoms with Gasteiger partial charge in [-0.1, -0.05) is 39.3 Å². The van der Waals surface area contributed by atoms with Crippen LogP contribution in [0.3, 0.4) is 0 Å². The van der Waals surface area contributed by atoms with Crippen LogP contribution in [0.5, 0.6) is 0 Å². The number of rotatable bonds is 6. The van der Waals surface area contributed by atoms with Crippen LogP contribution in [0.4, 0.5) is 0 Å². The number of nitrogens with one attached hydrogen (secondary N) is 1. The maximum Gasteiger partial charge on any atom is 0.335 e. The summed E-state index contributed by atoms with van der Waals surface area (Å²) in [5.41, 5.74) is 1.88. The smallest absolute Gasteiger partial charge is 0.335 e. The molecule has 0 spiro atoms. The van der Waals surface area contributed by atoms with Crippen molar-refractivity contribution in [2.45, 2.75) is 65.5 Å². The molecule has 0 saturated heterocycles. The zero-order valence-electron chi connectivity index (χ0n) is 14.1. The lowest BCUT2D eigenvalue weighted by Crippen LogP contribution is -2.36. The Morgan fingerprint density at radius 3 is 2.55 bits per heavy atom. The molecule has 2 N–H and O–H groups in total. The molecule has 0 atom stereocenters. The Kier molecular flexibility index (Phi) is 5.63. The summed E-state index contributed by atoms with van der Waals surface area (Å²) in [5.74, 6) is -0.0185. The highest BCUT2D eigenvalue weighted by molar-refractivity contribution is 5.87. The summed E-state index contributed by atoms with van der Waals surface area (Å²) in [6, 6.07) is 7.79. The van der Waals surface area contributed by atoms with Gasteiger partial charge < -0.3 is 10.4 Å². The fourth-order valence-corrected chi connectivity index (χ4v) is 3.44. The molecule has 1 aliphatic rings. The standard InChI is InChI=1S/C19H29NO2/c1-4-19(2,3)16-8-10-17(11-9-16)20-13-14-6-5-7-15(12-14)18(21)22/h5-7,12,16-17,20H,4,8-11,13H2,1-3H3,(H,21,22). The van der Waals surface area contributed by atoms with Gasteiger partial charge in [0, 0.05) is 12.6 Å². The Hall–Kier alpha value is -1.35. The van der Waals surface area contributed by atoms with Crippen molar-refractivity contribution in [3.05, 3.63) is 35.4 Å². The summed E-state index contributed by atoms with van der Waals surface area (Å²) < 4.78 is 0. The normalized spacial score (nSPS) is 22.5. The average molecular weight is 303 g/mol. The maximum atomic E-state index is 11.0. The van der Waals surface area contributed by atoms with Gasteiger partial charge in [0.25, 0.3) is 0 Å². The second kappa shape index (κ2) is 7.28. The molecule has 1 fully saturated rings. The van der Waals surface area contributed by atoms with Crippen molar-refractivity contribution in [3.8, 4) is 0 Å². The summed E-state index contributed by atoms with van der Waals surface area (Å²) in [6.07, 6.45) is 6.30. The third-order valence-electron chi connectivity index (χ3n) is 5.51. The van der Waals surface area contributed by atoms with E-state index in [9.17, 15) is 4.79 Å². The summed E-state index contributed by atoms with van der Waals surface area (Å²) in [7, 11) is 0. The van der Waals surface area contributed by atoms with E-state index in [2.05, 4.69) is 26.1 Å². The van der Waals surface area contributed by atoms with E-state index in [1.807, 2.05) is 12.1 Å². The minimum Gasteiger partial charge on any atom is -0.478 e. The zero-order chi connectivity index (χ0) is 16.2. The first-order valence-corrected chi connectivity index (χ1v) is 8.48. The second-order valence-corrected chi connectivity index (χ2v) is 7.28. The Bertz CT molecular complexity index is 502. The van der Waals surface area contributed by atoms with Gasteiger partial charge in [0.15, 0.2) is 0 Å². The molecule has 3 heteroatoms. The van der Waals surface area contributed by atoms with E-state index in [1.54, 1.807) is 12.1 Å². The molecule has 0 amide bonds. The van der Waals surface area contributed by atoms with Crippen molar-refractivity contribution in [1.82, 2.24) is 5.32 Å². The van der Waals surface area contributed by atoms with Gasteiger partial charge in [0.05, 0.1) is 5.56 Å². The highest BCUT2D eigenvalue weighted by Gasteiger charge is 2.31. The molecule has 2 rings (SSSR count). The molecule has 122 valence electrons. The molecule has 0 bridgehead atoms. The van der Waals surface area contributed by atoms with E-state index < -0.39 is 5.97 Å². The highest BCUT2D eigenvalue weighted by atomic mass is 16.4. The van der Waals surface area contributed by atoms with Gasteiger partial charge in [-0.15, -0.1) is 0 Å². The molecule has 1 aliphatic carbocycles. The first-order chi connectivity index (χ1) is 10.4. The van der Waals surface area contributed by atoms with Crippen molar-refractivity contribution in [2.24, 2.45) is 11.3 Å². The van der Waals surface area contributed by atoms with Crippen molar-refractivity contribution < 1.29 is 9.90 Å². The Morgan fingerprint density at radius 1 is 1.27 bits per heavy atom. The number of carboxylic acids is 1. The van der Waals surface area contributed by atoms with Crippen LogP contribution in [0.15, 0.2) is 24.3 Å². The number of hydrogen-bond acceptors (Lipinski definition) is 2. The third-order valence-corrected chi connectivity index (χ3v) is 5.51. The van der Waals surface area contributed by atoms with Crippen molar-refractivity contribution in [3.63, 3.8) is 0 Å². The first-order valence-electron chi connectivity index (χ1n) is 8.48. The second-order valence-electron chi connectivity index (χ2n) is 7.28. The lowest BCUT2D eigenvalue weighted by atomic mass is 9.69. The Balaban J connectivity index is 1.82. The molecule has 22 heavy (non-hydrogen) atoms. The van der Waals surface area contributed by atoms with Crippen LogP contribution in [-0.2, 0) is 6.54 Å². The van der Waals surface area contributed by atoms with Crippen LogP contribution in [-0.4, -0.2) is 17.1 Å². The number of carboxylic acid groups (broad SMARTS) is 1. The summed E-state index contributed by atoms with van der Waals surface area (Å²) in [4.78, 5) is 11.0. The molecular formula is C19H29NO2. The van der Waals surface area contributed by atoms with Gasteiger partial charge in [-0.25, -0.2) is 4.79 Å². The quantitative estimate of drug-likeness (QED) is 0.815. The number of hydrogen-bond donors (Lipinski definition) is 2. The van der Waals surface area contributed by atoms with Crippen LogP contribution < -0.4 is 5.32 Å². The van der Waals surface area contributed by atoms with Gasteiger partial charge in [0.2, 0.25) is 0 Å². The lowest BCUT2D eigenvalue weighted by Gasteiger charge is -2.39. The molecule has 0 radical (unpaired) electrons. The SMILES string of the molecule is CCC(C)(C)C1CCC(NCc2cccc(C(=O)O)c2)CC1. The van der Waals surface area contributed by atoms with Gasteiger partial charge in [-0.05, 0) is 54.7 Å². The predicted molar refractivity (Wildman–Crippen MR) is 90.1 cm³/mol. The summed E-state index contributed by atoms with van der Waals surface area (Å²) in [6.45, 7) is 7.83. The number of benzene rings is 1. The minimum absolute atomic E-state index is 0.368. The largest absolute Gasteiger partial charge is 0.478 e. The van der Waals surface area contributed by atoms with Crippen LogP contribution in [0.2, 0.25) is 0 Å². The fraction of sp³-hybridized carbons (Fsp3) is 0.632. The topological polar surface area (TPSA) is 49.3 Å². The van der Waals surface area contributed by atoms with Crippen LogP contribution in [0, 0.1) is 11.3 Å². The number of carbonyl (C=O) groups is 1. The van der Waals surface area contributed by atoms with Gasteiger partial charge >= 0.3 is 5.97 Å². The summed E-state index contributed by atoms with van der Waals surface area (Å²) >= 11 is 0. The molecule has 1 aromatic rings. The van der Waals surface area contributed by atoms with E-state index in [0.29, 0.717) is 17.0 Å². The molecule has 0 aliphatic heterocycles. The molecular weight excluding hydrogens is 274 g/mol. The highest BCUT2D eigenvalue weighted by Crippen LogP contribution is 2.40. The van der Waals surface area contributed by atoms with Crippen LogP contribution in [0.25, 0.3) is 0 Å². The molecule has 0 aromatic heterocycles. The third kappa shape index (κ3) is 4.33. The molecule has 3 nitrogen and oxygen atoms in total. The van der Waals surface area contributed by atoms with Gasteiger partial charge in [0.1, 0.15) is 0 Å². The predicted octanol–water partition coefficient (Wildman–Crippen LogP) is 4.47. The Morgan fingerprint density at radius 2 is 1.95 bits per heavy atom. The van der Waals surface area contributed by atoms with Crippen molar-refractivity contribution in [1.29, 1.82) is 0 Å². The van der Waals surface area contributed by atoms with E-state index in [1.165, 1.54) is 32.1 Å². The van der Waals surface area contributed by atoms with Crippen molar-refractivity contribution in [2.75, 3.05) is 0 Å². The molecule has 1 saturated carbocycles. The lowest BCUT2D eigenvalue weighted by molar-refractivity contribution is 0.0696. The minimum atomic E-state index is -0.857. The van der Waals surface area contributed by atoms with E-state index >= 15 is 0 Å². The van der Waals surface area contributed by atoms with E-state index in [-0.39, 0.29) is 0 Å². The van der Waals surface area contributed by atoms with E-state index in [4.69, 9.17) is 5.11 Å². The van der Waals surface area contributed by atoms with Gasteiger partial charge in [-0.3, -0.25) is 0 Å². The molecule has 0 heterocycles. The van der Waals surface area contributed by atoms with Gasteiger partial charge in [-0.2, -0.15) is 0 Å². The zero-order valence-corrected chi connectivity index (χ0v) is 14.1. The van der Waals surface area contributed by atoms with Crippen LogP contribution in [0.1, 0.15) is 68.8 Å². The Labute approximate surface area is 134 Å². The molecule has 0 unspecified atom stereocenters. The van der Waals surface area contributed by atoms with E-state index in [0.717, 1.165) is 18.0 Å². The average Bonchev–Trinajstić information content (AvgIpc) is 2.53. The monoisotopic (exact) mass is 303 g/mol. The molecule has 1 aromatic carbocycles. The first kappa shape index (κ1) is 17.0. The van der Waals surface area contributed by atoms with Crippen molar-refractivity contribution >= 4 is 5.97 Å².